The van der Waals surface area contributed by atoms with Crippen LogP contribution in [0.5, 0.6) is 0 Å². The first-order valence-electron chi connectivity index (χ1n) is 5.91. The fourth-order valence-electron chi connectivity index (χ4n) is 2.18. The molecule has 19 heavy (non-hydrogen) atoms. The molecule has 96 valence electrons. The van der Waals surface area contributed by atoms with Crippen LogP contribution in [0.2, 0.25) is 0 Å². The minimum Gasteiger partial charge on any atom is -0.392 e. The standard InChI is InChI=1S/C14H12BrN3O/c15-12-4-10(5-16-6-12)7-18-8-11(9-19)13-2-1-3-17-14(13)18/h1-6,8,19H,7,9H2. The summed E-state index contributed by atoms with van der Waals surface area (Å²) < 4.78 is 2.99. The Morgan fingerprint density at radius 3 is 3.00 bits per heavy atom. The fraction of sp³-hybridized carbons (Fsp3) is 0.143. The number of hydrogen-bond acceptors (Lipinski definition) is 3. The van der Waals surface area contributed by atoms with Gasteiger partial charge >= 0.3 is 0 Å². The lowest BCUT2D eigenvalue weighted by atomic mass is 10.2. The fourth-order valence-corrected chi connectivity index (χ4v) is 2.59. The van der Waals surface area contributed by atoms with Crippen molar-refractivity contribution in [2.45, 2.75) is 13.2 Å². The van der Waals surface area contributed by atoms with Crippen LogP contribution in [0.3, 0.4) is 0 Å². The summed E-state index contributed by atoms with van der Waals surface area (Å²) in [5.74, 6) is 0. The lowest BCUT2D eigenvalue weighted by Gasteiger charge is -2.04. The van der Waals surface area contributed by atoms with Crippen molar-refractivity contribution >= 4 is 27.0 Å². The Bertz CT molecular complexity index is 724. The van der Waals surface area contributed by atoms with Gasteiger partial charge in [0.05, 0.1) is 13.2 Å². The van der Waals surface area contributed by atoms with Crippen molar-refractivity contribution < 1.29 is 5.11 Å². The molecule has 5 heteroatoms. The first-order valence-corrected chi connectivity index (χ1v) is 6.70. The van der Waals surface area contributed by atoms with Gasteiger partial charge in [-0.1, -0.05) is 0 Å². The number of aliphatic hydroxyl groups is 1. The maximum absolute atomic E-state index is 9.40. The molecule has 0 bridgehead atoms. The molecule has 3 aromatic heterocycles. The molecule has 0 saturated heterocycles. The van der Waals surface area contributed by atoms with Crippen molar-refractivity contribution in [3.8, 4) is 0 Å². The second-order valence-corrected chi connectivity index (χ2v) is 5.24. The Morgan fingerprint density at radius 2 is 2.21 bits per heavy atom. The number of nitrogens with zero attached hydrogens (tertiary/aromatic N) is 3. The zero-order valence-electron chi connectivity index (χ0n) is 10.1. The van der Waals surface area contributed by atoms with Gasteiger partial charge in [-0.25, -0.2) is 4.98 Å². The van der Waals surface area contributed by atoms with E-state index in [1.165, 1.54) is 0 Å². The molecule has 0 unspecified atom stereocenters. The summed E-state index contributed by atoms with van der Waals surface area (Å²) >= 11 is 3.42. The van der Waals surface area contributed by atoms with Crippen LogP contribution in [0.1, 0.15) is 11.1 Å². The highest BCUT2D eigenvalue weighted by atomic mass is 79.9. The molecule has 1 N–H and O–H groups in total. The van der Waals surface area contributed by atoms with Crippen molar-refractivity contribution in [3.05, 3.63) is 58.6 Å². The van der Waals surface area contributed by atoms with Gasteiger partial charge in [0.2, 0.25) is 0 Å². The van der Waals surface area contributed by atoms with Crippen LogP contribution in [0.4, 0.5) is 0 Å². The molecule has 0 atom stereocenters. The third-order valence-corrected chi connectivity index (χ3v) is 3.43. The maximum Gasteiger partial charge on any atom is 0.140 e. The molecule has 3 heterocycles. The second kappa shape index (κ2) is 5.11. The smallest absolute Gasteiger partial charge is 0.140 e. The molecule has 0 spiro atoms. The van der Waals surface area contributed by atoms with Crippen LogP contribution >= 0.6 is 15.9 Å². The van der Waals surface area contributed by atoms with E-state index in [4.69, 9.17) is 0 Å². The van der Waals surface area contributed by atoms with E-state index < -0.39 is 0 Å². The van der Waals surface area contributed by atoms with Crippen molar-refractivity contribution in [1.29, 1.82) is 0 Å². The zero-order valence-corrected chi connectivity index (χ0v) is 11.7. The van der Waals surface area contributed by atoms with Crippen molar-refractivity contribution in [2.24, 2.45) is 0 Å². The number of aromatic nitrogens is 3. The third-order valence-electron chi connectivity index (χ3n) is 3.00. The normalized spacial score (nSPS) is 11.1. The molecule has 0 saturated carbocycles. The van der Waals surface area contributed by atoms with Gasteiger partial charge in [-0.15, -0.1) is 0 Å². The molecule has 0 radical (unpaired) electrons. The molecule has 0 aliphatic carbocycles. The summed E-state index contributed by atoms with van der Waals surface area (Å²) in [4.78, 5) is 8.55. The van der Waals surface area contributed by atoms with E-state index >= 15 is 0 Å². The second-order valence-electron chi connectivity index (χ2n) is 4.33. The molecule has 3 aromatic rings. The third kappa shape index (κ3) is 2.39. The average molecular weight is 318 g/mol. The van der Waals surface area contributed by atoms with Crippen LogP contribution in [0.25, 0.3) is 11.0 Å². The highest BCUT2D eigenvalue weighted by Crippen LogP contribution is 2.21. The van der Waals surface area contributed by atoms with Crippen LogP contribution in [0, 0.1) is 0 Å². The summed E-state index contributed by atoms with van der Waals surface area (Å²) in [5.41, 5.74) is 2.86. The molecular formula is C14H12BrN3O. The molecule has 0 aromatic carbocycles. The van der Waals surface area contributed by atoms with Gasteiger partial charge in [0.1, 0.15) is 5.65 Å². The predicted octanol–water partition coefficient (Wildman–Crippen LogP) is 2.73. The van der Waals surface area contributed by atoms with Crippen LogP contribution in [-0.2, 0) is 13.2 Å². The Labute approximate surface area is 118 Å². The largest absolute Gasteiger partial charge is 0.392 e. The Morgan fingerprint density at radius 1 is 1.32 bits per heavy atom. The van der Waals surface area contributed by atoms with Gasteiger partial charge in [0.15, 0.2) is 0 Å². The quantitative estimate of drug-likeness (QED) is 0.808. The minimum absolute atomic E-state index is 0.0198. The summed E-state index contributed by atoms with van der Waals surface area (Å²) in [5, 5.41) is 10.4. The van der Waals surface area contributed by atoms with E-state index in [1.54, 1.807) is 12.4 Å². The van der Waals surface area contributed by atoms with Gasteiger partial charge in [-0.2, -0.15) is 0 Å². The lowest BCUT2D eigenvalue weighted by molar-refractivity contribution is 0.283. The van der Waals surface area contributed by atoms with E-state index in [0.29, 0.717) is 6.54 Å². The van der Waals surface area contributed by atoms with Gasteiger partial charge in [0.25, 0.3) is 0 Å². The van der Waals surface area contributed by atoms with Crippen LogP contribution < -0.4 is 0 Å². The Kier molecular flexibility index (Phi) is 3.31. The van der Waals surface area contributed by atoms with Gasteiger partial charge < -0.3 is 9.67 Å². The predicted molar refractivity (Wildman–Crippen MR) is 76.7 cm³/mol. The molecule has 0 amide bonds. The van der Waals surface area contributed by atoms with E-state index in [1.807, 2.05) is 35.2 Å². The summed E-state index contributed by atoms with van der Waals surface area (Å²) in [6.07, 6.45) is 7.30. The summed E-state index contributed by atoms with van der Waals surface area (Å²) in [7, 11) is 0. The molecular weight excluding hydrogens is 306 g/mol. The van der Waals surface area contributed by atoms with Crippen LogP contribution in [0.15, 0.2) is 47.5 Å². The molecule has 0 aliphatic heterocycles. The molecule has 0 aliphatic rings. The SMILES string of the molecule is OCc1cn(Cc2cncc(Br)c2)c2ncccc12. The minimum atomic E-state index is 0.0198. The van der Waals surface area contributed by atoms with E-state index in [0.717, 1.165) is 26.6 Å². The van der Waals surface area contributed by atoms with E-state index in [2.05, 4.69) is 25.9 Å². The monoisotopic (exact) mass is 317 g/mol. The summed E-state index contributed by atoms with van der Waals surface area (Å²) in [6.45, 7) is 0.700. The maximum atomic E-state index is 9.40. The Balaban J connectivity index is 2.06. The lowest BCUT2D eigenvalue weighted by Crippen LogP contribution is -1.99. The number of aliphatic hydroxyl groups excluding tert-OH is 1. The van der Waals surface area contributed by atoms with E-state index in [-0.39, 0.29) is 6.61 Å². The van der Waals surface area contributed by atoms with Crippen molar-refractivity contribution in [3.63, 3.8) is 0 Å². The number of pyridine rings is 2. The van der Waals surface area contributed by atoms with Gasteiger partial charge in [0, 0.05) is 40.2 Å². The van der Waals surface area contributed by atoms with Gasteiger partial charge in [-0.3, -0.25) is 4.98 Å². The van der Waals surface area contributed by atoms with Crippen LogP contribution in [-0.4, -0.2) is 19.6 Å². The zero-order chi connectivity index (χ0) is 13.2. The highest BCUT2D eigenvalue weighted by molar-refractivity contribution is 9.10. The number of rotatable bonds is 3. The molecule has 3 rings (SSSR count). The highest BCUT2D eigenvalue weighted by Gasteiger charge is 2.08. The topological polar surface area (TPSA) is 50.9 Å². The number of halogens is 1. The van der Waals surface area contributed by atoms with E-state index in [9.17, 15) is 5.11 Å². The molecule has 4 nitrogen and oxygen atoms in total. The van der Waals surface area contributed by atoms with Gasteiger partial charge in [-0.05, 0) is 39.7 Å². The van der Waals surface area contributed by atoms with Crippen molar-refractivity contribution in [1.82, 2.24) is 14.5 Å². The van der Waals surface area contributed by atoms with Crippen molar-refractivity contribution in [2.75, 3.05) is 0 Å². The molecule has 0 fully saturated rings. The average Bonchev–Trinajstić information content (AvgIpc) is 2.77. The first kappa shape index (κ1) is 12.3. The Hall–Kier alpha value is -1.72. The number of fused-ring (bicyclic) bond motifs is 1. The summed E-state index contributed by atoms with van der Waals surface area (Å²) in [6, 6.07) is 5.89. The number of hydrogen-bond donors (Lipinski definition) is 1. The first-order chi connectivity index (χ1) is 9.28.